The molecule has 0 atom stereocenters. The fourth-order valence-electron chi connectivity index (χ4n) is 3.62. The number of sulfonamides is 1. The summed E-state index contributed by atoms with van der Waals surface area (Å²) >= 11 is 0. The van der Waals surface area contributed by atoms with Gasteiger partial charge in [0.15, 0.2) is 0 Å². The predicted octanol–water partition coefficient (Wildman–Crippen LogP) is 3.50. The summed E-state index contributed by atoms with van der Waals surface area (Å²) < 4.78 is 27.5. The highest BCUT2D eigenvalue weighted by molar-refractivity contribution is 7.89. The maximum absolute atomic E-state index is 13.0. The molecule has 1 aliphatic heterocycles. The van der Waals surface area contributed by atoms with Crippen LogP contribution >= 0.6 is 0 Å². The van der Waals surface area contributed by atoms with Gasteiger partial charge in [0.2, 0.25) is 10.0 Å². The average molecular weight is 401 g/mol. The maximum atomic E-state index is 13.0. The van der Waals surface area contributed by atoms with Gasteiger partial charge in [0, 0.05) is 24.7 Å². The van der Waals surface area contributed by atoms with Crippen molar-refractivity contribution < 1.29 is 13.2 Å². The largest absolute Gasteiger partial charge is 0.349 e. The number of hydrogen-bond acceptors (Lipinski definition) is 3. The number of hydrogen-bond donors (Lipinski definition) is 1. The molecular weight excluding hydrogens is 372 g/mol. The Morgan fingerprint density at radius 1 is 0.929 bits per heavy atom. The fourth-order valence-corrected chi connectivity index (χ4v) is 5.30. The molecule has 1 fully saturated rings. The zero-order valence-corrected chi connectivity index (χ0v) is 17.8. The molecule has 0 radical (unpaired) electrons. The Hall–Kier alpha value is -2.18. The number of nitrogens with one attached hydrogen (secondary N) is 1. The van der Waals surface area contributed by atoms with E-state index in [-0.39, 0.29) is 11.9 Å². The third kappa shape index (κ3) is 4.28. The summed E-state index contributed by atoms with van der Waals surface area (Å²) in [5, 5.41) is 3.05. The minimum Gasteiger partial charge on any atom is -0.349 e. The number of amides is 1. The van der Waals surface area contributed by atoms with Crippen LogP contribution in [0.1, 0.15) is 45.5 Å². The van der Waals surface area contributed by atoms with Crippen molar-refractivity contribution in [1.82, 2.24) is 9.62 Å². The Balaban J connectivity index is 1.63. The number of carbonyl (C=O) groups is 1. The third-order valence-corrected chi connectivity index (χ3v) is 7.57. The molecule has 2 aromatic carbocycles. The second kappa shape index (κ2) is 8.05. The number of piperidine rings is 1. The van der Waals surface area contributed by atoms with E-state index < -0.39 is 10.0 Å². The highest BCUT2D eigenvalue weighted by Gasteiger charge is 2.31. The van der Waals surface area contributed by atoms with E-state index >= 15 is 0 Å². The predicted molar refractivity (Wildman–Crippen MR) is 111 cm³/mol. The first-order valence-electron chi connectivity index (χ1n) is 9.64. The third-order valence-electron chi connectivity index (χ3n) is 5.51. The first-order valence-corrected chi connectivity index (χ1v) is 11.1. The Labute approximate surface area is 167 Å². The van der Waals surface area contributed by atoms with Gasteiger partial charge in [-0.3, -0.25) is 4.79 Å². The minimum absolute atomic E-state index is 0.0142. The second-order valence-corrected chi connectivity index (χ2v) is 9.63. The van der Waals surface area contributed by atoms with E-state index in [4.69, 9.17) is 0 Å². The zero-order valence-electron chi connectivity index (χ0n) is 17.0. The van der Waals surface area contributed by atoms with Gasteiger partial charge in [0.1, 0.15) is 0 Å². The topological polar surface area (TPSA) is 66.5 Å². The summed E-state index contributed by atoms with van der Waals surface area (Å²) in [7, 11) is -3.50. The molecule has 0 spiro atoms. The van der Waals surface area contributed by atoms with Crippen LogP contribution in [0.3, 0.4) is 0 Å². The van der Waals surface area contributed by atoms with Crippen molar-refractivity contribution in [3.63, 3.8) is 0 Å². The van der Waals surface area contributed by atoms with Gasteiger partial charge >= 0.3 is 0 Å². The Bertz CT molecular complexity index is 991. The minimum atomic E-state index is -3.50. The van der Waals surface area contributed by atoms with Crippen LogP contribution in [0, 0.1) is 27.7 Å². The monoisotopic (exact) mass is 400 g/mol. The van der Waals surface area contributed by atoms with Crippen LogP contribution in [-0.2, 0) is 10.0 Å². The van der Waals surface area contributed by atoms with E-state index in [0.717, 1.165) is 22.3 Å². The summed E-state index contributed by atoms with van der Waals surface area (Å²) in [5.74, 6) is -0.0983. The highest BCUT2D eigenvalue weighted by Crippen LogP contribution is 2.24. The summed E-state index contributed by atoms with van der Waals surface area (Å²) in [5.41, 5.74) is 4.70. The molecule has 0 aromatic heterocycles. The summed E-state index contributed by atoms with van der Waals surface area (Å²) in [6, 6.07) is 11.1. The molecule has 0 saturated carbocycles. The summed E-state index contributed by atoms with van der Waals surface area (Å²) in [6.07, 6.45) is 1.22. The maximum Gasteiger partial charge on any atom is 0.251 e. The zero-order chi connectivity index (χ0) is 20.5. The van der Waals surface area contributed by atoms with Crippen molar-refractivity contribution in [2.45, 2.75) is 51.5 Å². The van der Waals surface area contributed by atoms with Gasteiger partial charge in [-0.1, -0.05) is 23.8 Å². The van der Waals surface area contributed by atoms with Crippen LogP contribution in [0.5, 0.6) is 0 Å². The van der Waals surface area contributed by atoms with Crippen molar-refractivity contribution in [2.75, 3.05) is 13.1 Å². The van der Waals surface area contributed by atoms with Crippen LogP contribution < -0.4 is 5.32 Å². The van der Waals surface area contributed by atoms with Gasteiger partial charge in [-0.2, -0.15) is 4.31 Å². The Kier molecular flexibility index (Phi) is 5.91. The summed E-state index contributed by atoms with van der Waals surface area (Å²) in [4.78, 5) is 12.9. The van der Waals surface area contributed by atoms with Gasteiger partial charge < -0.3 is 5.32 Å². The van der Waals surface area contributed by atoms with Crippen molar-refractivity contribution in [2.24, 2.45) is 0 Å². The van der Waals surface area contributed by atoms with Gasteiger partial charge in [-0.15, -0.1) is 0 Å². The molecule has 2 aromatic rings. The van der Waals surface area contributed by atoms with Crippen LogP contribution in [-0.4, -0.2) is 37.8 Å². The molecule has 1 saturated heterocycles. The molecule has 0 aliphatic carbocycles. The first kappa shape index (κ1) is 20.6. The van der Waals surface area contributed by atoms with Crippen LogP contribution in [0.4, 0.5) is 0 Å². The van der Waals surface area contributed by atoms with Crippen LogP contribution in [0.2, 0.25) is 0 Å². The normalized spacial score (nSPS) is 16.1. The smallest absolute Gasteiger partial charge is 0.251 e. The molecule has 0 unspecified atom stereocenters. The van der Waals surface area contributed by atoms with E-state index in [1.807, 2.05) is 58.0 Å². The lowest BCUT2D eigenvalue weighted by Gasteiger charge is -2.32. The molecule has 28 heavy (non-hydrogen) atoms. The molecule has 5 nitrogen and oxygen atoms in total. The van der Waals surface area contributed by atoms with Crippen molar-refractivity contribution in [1.29, 1.82) is 0 Å². The molecule has 1 heterocycles. The lowest BCUT2D eigenvalue weighted by Crippen LogP contribution is -2.46. The van der Waals surface area contributed by atoms with Crippen LogP contribution in [0.15, 0.2) is 41.3 Å². The molecule has 150 valence electrons. The number of nitrogens with zero attached hydrogens (tertiary/aromatic N) is 1. The molecule has 1 amide bonds. The lowest BCUT2D eigenvalue weighted by atomic mass is 10.0. The molecular formula is C22H28N2O3S. The molecule has 1 aliphatic rings. The first-order chi connectivity index (χ1) is 13.2. The van der Waals surface area contributed by atoms with E-state index in [9.17, 15) is 13.2 Å². The molecule has 1 N–H and O–H groups in total. The van der Waals surface area contributed by atoms with Crippen molar-refractivity contribution >= 4 is 15.9 Å². The Morgan fingerprint density at radius 2 is 1.61 bits per heavy atom. The molecule has 3 rings (SSSR count). The van der Waals surface area contributed by atoms with E-state index in [1.54, 1.807) is 6.07 Å². The summed E-state index contributed by atoms with van der Waals surface area (Å²) in [6.45, 7) is 8.61. The number of rotatable bonds is 4. The quantitative estimate of drug-likeness (QED) is 0.854. The van der Waals surface area contributed by atoms with Gasteiger partial charge in [-0.05, 0) is 75.4 Å². The van der Waals surface area contributed by atoms with Gasteiger partial charge in [0.05, 0.1) is 4.90 Å². The lowest BCUT2D eigenvalue weighted by molar-refractivity contribution is 0.0923. The molecule has 6 heteroatoms. The fraction of sp³-hybridized carbons (Fsp3) is 0.409. The number of carbonyl (C=O) groups excluding carboxylic acids is 1. The van der Waals surface area contributed by atoms with Crippen molar-refractivity contribution in [3.8, 4) is 0 Å². The van der Waals surface area contributed by atoms with E-state index in [0.29, 0.717) is 36.4 Å². The Morgan fingerprint density at radius 3 is 2.21 bits per heavy atom. The van der Waals surface area contributed by atoms with Crippen LogP contribution in [0.25, 0.3) is 0 Å². The van der Waals surface area contributed by atoms with Gasteiger partial charge in [-0.25, -0.2) is 8.42 Å². The average Bonchev–Trinajstić information content (AvgIpc) is 2.64. The van der Waals surface area contributed by atoms with Crippen molar-refractivity contribution in [3.05, 3.63) is 64.2 Å². The van der Waals surface area contributed by atoms with E-state index in [2.05, 4.69) is 5.32 Å². The standard InChI is InChI=1S/C22H28N2O3S/c1-15-5-8-21(18(4)13-15)28(26,27)24-11-9-20(10-12-24)23-22(25)19-7-6-16(2)17(3)14-19/h5-8,13-14,20H,9-12H2,1-4H3,(H,23,25). The SMILES string of the molecule is Cc1ccc(S(=O)(=O)N2CCC(NC(=O)c3ccc(C)c(C)c3)CC2)c(C)c1. The highest BCUT2D eigenvalue weighted by atomic mass is 32.2. The number of aryl methyl sites for hydroxylation is 4. The second-order valence-electron chi connectivity index (χ2n) is 7.72. The van der Waals surface area contributed by atoms with E-state index in [1.165, 1.54) is 4.31 Å². The number of benzene rings is 2. The van der Waals surface area contributed by atoms with Gasteiger partial charge in [0.25, 0.3) is 5.91 Å². The molecule has 0 bridgehead atoms.